The monoisotopic (exact) mass is 182 g/mol. The Bertz CT molecular complexity index is 177. The molecule has 0 rings (SSSR count). The van der Waals surface area contributed by atoms with Crippen molar-refractivity contribution < 1.29 is 0 Å². The molecule has 1 unspecified atom stereocenters. The molecular weight excluding hydrogens is 160 g/mol. The van der Waals surface area contributed by atoms with Crippen molar-refractivity contribution in [2.24, 2.45) is 10.9 Å². The first kappa shape index (κ1) is 12.4. The maximum atomic E-state index is 4.20. The van der Waals surface area contributed by atoms with Crippen LogP contribution in [0.3, 0.4) is 0 Å². The molecule has 0 aliphatic rings. The SMILES string of the molecule is CC(C)=NC=CCC(C)CN(C)C. The fourth-order valence-electron chi connectivity index (χ4n) is 1.19. The zero-order valence-electron chi connectivity index (χ0n) is 9.54. The average Bonchev–Trinajstić information content (AvgIpc) is 1.96. The largest absolute Gasteiger partial charge is 0.309 e. The van der Waals surface area contributed by atoms with Gasteiger partial charge in [0, 0.05) is 18.5 Å². The highest BCUT2D eigenvalue weighted by molar-refractivity contribution is 5.79. The number of hydrogen-bond acceptors (Lipinski definition) is 2. The van der Waals surface area contributed by atoms with Gasteiger partial charge >= 0.3 is 0 Å². The van der Waals surface area contributed by atoms with Crippen LogP contribution in [0.5, 0.6) is 0 Å². The van der Waals surface area contributed by atoms with E-state index in [1.807, 2.05) is 20.0 Å². The van der Waals surface area contributed by atoms with Crippen LogP contribution in [0.25, 0.3) is 0 Å². The van der Waals surface area contributed by atoms with Gasteiger partial charge in [0.05, 0.1) is 0 Å². The lowest BCUT2D eigenvalue weighted by Gasteiger charge is -2.14. The smallest absolute Gasteiger partial charge is 0.0227 e. The van der Waals surface area contributed by atoms with Gasteiger partial charge < -0.3 is 4.90 Å². The van der Waals surface area contributed by atoms with Gasteiger partial charge in [-0.05, 0) is 40.3 Å². The molecule has 0 aromatic carbocycles. The average molecular weight is 182 g/mol. The van der Waals surface area contributed by atoms with Gasteiger partial charge in [-0.2, -0.15) is 0 Å². The first-order valence-corrected chi connectivity index (χ1v) is 4.83. The van der Waals surface area contributed by atoms with Crippen LogP contribution in [0, 0.1) is 5.92 Å². The molecule has 0 fully saturated rings. The van der Waals surface area contributed by atoms with Crippen LogP contribution >= 0.6 is 0 Å². The van der Waals surface area contributed by atoms with Gasteiger partial charge in [0.15, 0.2) is 0 Å². The molecule has 0 amide bonds. The van der Waals surface area contributed by atoms with Crippen LogP contribution in [0.15, 0.2) is 17.3 Å². The zero-order valence-corrected chi connectivity index (χ0v) is 9.54. The lowest BCUT2D eigenvalue weighted by molar-refractivity contribution is 0.341. The third-order valence-corrected chi connectivity index (χ3v) is 1.65. The van der Waals surface area contributed by atoms with E-state index in [2.05, 4.69) is 37.0 Å². The van der Waals surface area contributed by atoms with E-state index in [0.717, 1.165) is 18.7 Å². The van der Waals surface area contributed by atoms with Crippen molar-refractivity contribution >= 4 is 5.71 Å². The Hall–Kier alpha value is -0.630. The third-order valence-electron chi connectivity index (χ3n) is 1.65. The maximum absolute atomic E-state index is 4.20. The lowest BCUT2D eigenvalue weighted by atomic mass is 10.1. The molecule has 0 aromatic rings. The van der Waals surface area contributed by atoms with Gasteiger partial charge in [0.2, 0.25) is 0 Å². The lowest BCUT2D eigenvalue weighted by Crippen LogP contribution is -2.19. The van der Waals surface area contributed by atoms with E-state index < -0.39 is 0 Å². The van der Waals surface area contributed by atoms with Crippen molar-refractivity contribution in [1.29, 1.82) is 0 Å². The highest BCUT2D eigenvalue weighted by atomic mass is 15.1. The van der Waals surface area contributed by atoms with E-state index in [1.165, 1.54) is 0 Å². The van der Waals surface area contributed by atoms with Crippen molar-refractivity contribution in [2.75, 3.05) is 20.6 Å². The molecule has 0 radical (unpaired) electrons. The van der Waals surface area contributed by atoms with Crippen LogP contribution in [-0.2, 0) is 0 Å². The van der Waals surface area contributed by atoms with E-state index in [9.17, 15) is 0 Å². The summed E-state index contributed by atoms with van der Waals surface area (Å²) >= 11 is 0. The van der Waals surface area contributed by atoms with E-state index >= 15 is 0 Å². The Morgan fingerprint density at radius 1 is 1.38 bits per heavy atom. The molecule has 0 N–H and O–H groups in total. The van der Waals surface area contributed by atoms with E-state index in [-0.39, 0.29) is 0 Å². The maximum Gasteiger partial charge on any atom is 0.0227 e. The van der Waals surface area contributed by atoms with E-state index in [0.29, 0.717) is 5.92 Å². The van der Waals surface area contributed by atoms with Gasteiger partial charge in [0.25, 0.3) is 0 Å². The Kier molecular flexibility index (Phi) is 6.51. The molecule has 1 atom stereocenters. The summed E-state index contributed by atoms with van der Waals surface area (Å²) in [6, 6.07) is 0. The van der Waals surface area contributed by atoms with Crippen LogP contribution in [0.2, 0.25) is 0 Å². The number of nitrogens with zero attached hydrogens (tertiary/aromatic N) is 2. The summed E-state index contributed by atoms with van der Waals surface area (Å²) in [5.74, 6) is 0.707. The van der Waals surface area contributed by atoms with Gasteiger partial charge in [0.1, 0.15) is 0 Å². The highest BCUT2D eigenvalue weighted by Crippen LogP contribution is 2.03. The Balaban J connectivity index is 3.63. The predicted octanol–water partition coefficient (Wildman–Crippen LogP) is 2.57. The van der Waals surface area contributed by atoms with Crippen molar-refractivity contribution in [3.05, 3.63) is 12.3 Å². The summed E-state index contributed by atoms with van der Waals surface area (Å²) < 4.78 is 0. The molecule has 0 aromatic heterocycles. The normalized spacial score (nSPS) is 13.7. The fourth-order valence-corrected chi connectivity index (χ4v) is 1.19. The van der Waals surface area contributed by atoms with Crippen molar-refractivity contribution in [1.82, 2.24) is 4.90 Å². The van der Waals surface area contributed by atoms with Gasteiger partial charge in [-0.25, -0.2) is 0 Å². The molecular formula is C11H22N2. The summed E-state index contributed by atoms with van der Waals surface area (Å²) in [6.45, 7) is 7.41. The molecule has 0 heterocycles. The second kappa shape index (κ2) is 6.84. The minimum Gasteiger partial charge on any atom is -0.309 e. The molecule has 0 bridgehead atoms. The number of rotatable bonds is 5. The van der Waals surface area contributed by atoms with Crippen LogP contribution in [0.4, 0.5) is 0 Å². The van der Waals surface area contributed by atoms with Crippen LogP contribution in [0.1, 0.15) is 27.2 Å². The van der Waals surface area contributed by atoms with Gasteiger partial charge in [-0.3, -0.25) is 4.99 Å². The van der Waals surface area contributed by atoms with E-state index in [1.54, 1.807) is 0 Å². The van der Waals surface area contributed by atoms with Crippen molar-refractivity contribution in [3.63, 3.8) is 0 Å². The van der Waals surface area contributed by atoms with Crippen molar-refractivity contribution in [2.45, 2.75) is 27.2 Å². The first-order chi connectivity index (χ1) is 6.02. The standard InChI is InChI=1S/C11H22N2/c1-10(2)12-8-6-7-11(3)9-13(4)5/h6,8,11H,7,9H2,1-5H3. The summed E-state index contributed by atoms with van der Waals surface area (Å²) in [6.07, 6.45) is 5.15. The number of aliphatic imine (C=N–C) groups is 1. The molecule has 0 aliphatic heterocycles. The molecule has 0 aliphatic carbocycles. The topological polar surface area (TPSA) is 15.6 Å². The second-order valence-corrected chi connectivity index (χ2v) is 4.06. The Labute approximate surface area is 82.4 Å². The van der Waals surface area contributed by atoms with Gasteiger partial charge in [-0.15, -0.1) is 0 Å². The van der Waals surface area contributed by atoms with E-state index in [4.69, 9.17) is 0 Å². The quantitative estimate of drug-likeness (QED) is 0.597. The molecule has 76 valence electrons. The molecule has 0 saturated carbocycles. The summed E-state index contributed by atoms with van der Waals surface area (Å²) in [5.41, 5.74) is 1.11. The zero-order chi connectivity index (χ0) is 10.3. The van der Waals surface area contributed by atoms with Crippen LogP contribution in [-0.4, -0.2) is 31.3 Å². The van der Waals surface area contributed by atoms with Gasteiger partial charge in [-0.1, -0.05) is 13.0 Å². The number of allylic oxidation sites excluding steroid dienone is 1. The summed E-state index contributed by atoms with van der Waals surface area (Å²) in [7, 11) is 4.21. The first-order valence-electron chi connectivity index (χ1n) is 4.83. The second-order valence-electron chi connectivity index (χ2n) is 4.06. The highest BCUT2D eigenvalue weighted by Gasteiger charge is 1.99. The predicted molar refractivity (Wildman–Crippen MR) is 60.3 cm³/mol. The molecule has 13 heavy (non-hydrogen) atoms. The molecule has 2 heteroatoms. The third kappa shape index (κ3) is 9.28. The molecule has 0 spiro atoms. The summed E-state index contributed by atoms with van der Waals surface area (Å²) in [5, 5.41) is 0. The Morgan fingerprint density at radius 3 is 2.46 bits per heavy atom. The minimum absolute atomic E-state index is 0.707. The Morgan fingerprint density at radius 2 is 2.00 bits per heavy atom. The molecule has 0 saturated heterocycles. The minimum atomic E-state index is 0.707. The summed E-state index contributed by atoms with van der Waals surface area (Å²) in [4.78, 5) is 6.41. The van der Waals surface area contributed by atoms with Crippen molar-refractivity contribution in [3.8, 4) is 0 Å². The fraction of sp³-hybridized carbons (Fsp3) is 0.727. The number of hydrogen-bond donors (Lipinski definition) is 0. The molecule has 2 nitrogen and oxygen atoms in total. The van der Waals surface area contributed by atoms with Crippen LogP contribution < -0.4 is 0 Å².